The maximum atomic E-state index is 13.1. The van der Waals surface area contributed by atoms with E-state index in [9.17, 15) is 18.0 Å². The molecule has 1 amide bonds. The molecule has 1 aliphatic rings. The first kappa shape index (κ1) is 18.1. The number of halogens is 5. The van der Waals surface area contributed by atoms with Gasteiger partial charge in [-0.15, -0.1) is 12.4 Å². The summed E-state index contributed by atoms with van der Waals surface area (Å²) >= 11 is 5.66. The molecule has 0 spiro atoms. The smallest absolute Gasteiger partial charge is 0.341 e. The fraction of sp³-hybridized carbons (Fsp3) is 0.462. The molecule has 0 aromatic heterocycles. The molecular formula is C13H15Cl2F3N2O. The van der Waals surface area contributed by atoms with E-state index in [4.69, 9.17) is 11.6 Å². The van der Waals surface area contributed by atoms with Crippen LogP contribution in [0.5, 0.6) is 0 Å². The Hall–Kier alpha value is -0.980. The van der Waals surface area contributed by atoms with Crippen molar-refractivity contribution < 1.29 is 18.0 Å². The molecule has 118 valence electrons. The van der Waals surface area contributed by atoms with E-state index in [0.717, 1.165) is 0 Å². The molecule has 1 aromatic rings. The highest BCUT2D eigenvalue weighted by molar-refractivity contribution is 6.30. The average molecular weight is 343 g/mol. The Bertz CT molecular complexity index is 473. The zero-order chi connectivity index (χ0) is 14.8. The van der Waals surface area contributed by atoms with Crippen molar-refractivity contribution in [2.24, 2.45) is 5.92 Å². The van der Waals surface area contributed by atoms with E-state index in [1.54, 1.807) is 0 Å². The largest absolute Gasteiger partial charge is 0.412 e. The molecule has 1 fully saturated rings. The summed E-state index contributed by atoms with van der Waals surface area (Å²) in [6.07, 6.45) is -3.99. The lowest BCUT2D eigenvalue weighted by molar-refractivity contribution is -0.164. The van der Waals surface area contributed by atoms with Crippen molar-refractivity contribution in [2.45, 2.75) is 18.6 Å². The molecule has 1 aromatic carbocycles. The number of nitrogens with one attached hydrogen (secondary N) is 2. The van der Waals surface area contributed by atoms with Gasteiger partial charge in [0.15, 0.2) is 6.04 Å². The SMILES string of the molecule is Cl.O=C(NC(c1ccc(Cl)cc1)C(F)(F)F)C1CCNC1. The number of amides is 1. The first-order valence-electron chi connectivity index (χ1n) is 6.21. The minimum absolute atomic E-state index is 0. The van der Waals surface area contributed by atoms with Crippen LogP contribution in [0.25, 0.3) is 0 Å². The van der Waals surface area contributed by atoms with Gasteiger partial charge in [0.2, 0.25) is 5.91 Å². The molecule has 0 aliphatic carbocycles. The highest BCUT2D eigenvalue weighted by Gasteiger charge is 2.42. The number of carbonyl (C=O) groups is 1. The van der Waals surface area contributed by atoms with Crippen molar-refractivity contribution in [2.75, 3.05) is 13.1 Å². The van der Waals surface area contributed by atoms with E-state index < -0.39 is 24.0 Å². The third-order valence-electron chi connectivity index (χ3n) is 3.25. The molecule has 2 unspecified atom stereocenters. The molecule has 2 N–H and O–H groups in total. The van der Waals surface area contributed by atoms with Crippen LogP contribution in [0.4, 0.5) is 13.2 Å². The molecule has 2 rings (SSSR count). The van der Waals surface area contributed by atoms with Crippen LogP contribution in [0.15, 0.2) is 24.3 Å². The standard InChI is InChI=1S/C13H14ClF3N2O.ClH/c14-10-3-1-8(2-4-10)11(13(15,16)17)19-12(20)9-5-6-18-7-9;/h1-4,9,11,18H,5-7H2,(H,19,20);1H. The van der Waals surface area contributed by atoms with Crippen molar-refractivity contribution >= 4 is 29.9 Å². The molecule has 0 radical (unpaired) electrons. The number of rotatable bonds is 3. The van der Waals surface area contributed by atoms with Crippen molar-refractivity contribution in [3.63, 3.8) is 0 Å². The van der Waals surface area contributed by atoms with E-state index in [2.05, 4.69) is 10.6 Å². The summed E-state index contributed by atoms with van der Waals surface area (Å²) in [4.78, 5) is 11.9. The molecule has 1 saturated heterocycles. The lowest BCUT2D eigenvalue weighted by Gasteiger charge is -2.23. The maximum absolute atomic E-state index is 13.1. The molecular weight excluding hydrogens is 328 g/mol. The highest BCUT2D eigenvalue weighted by atomic mass is 35.5. The zero-order valence-electron chi connectivity index (χ0n) is 10.9. The molecule has 0 saturated carbocycles. The summed E-state index contributed by atoms with van der Waals surface area (Å²) in [5.41, 5.74) is -0.0267. The second-order valence-corrected chi connectivity index (χ2v) is 5.16. The Morgan fingerprint density at radius 3 is 2.43 bits per heavy atom. The second kappa shape index (κ2) is 7.33. The predicted molar refractivity (Wildman–Crippen MR) is 76.6 cm³/mol. The Labute approximate surface area is 131 Å². The zero-order valence-corrected chi connectivity index (χ0v) is 12.5. The average Bonchev–Trinajstić information content (AvgIpc) is 2.89. The Kier molecular flexibility index (Phi) is 6.31. The fourth-order valence-corrected chi connectivity index (χ4v) is 2.27. The molecule has 21 heavy (non-hydrogen) atoms. The monoisotopic (exact) mass is 342 g/mol. The van der Waals surface area contributed by atoms with Gasteiger partial charge in [0, 0.05) is 11.6 Å². The third kappa shape index (κ3) is 4.76. The van der Waals surface area contributed by atoms with Crippen LogP contribution >= 0.6 is 24.0 Å². The lowest BCUT2D eigenvalue weighted by Crippen LogP contribution is -2.41. The van der Waals surface area contributed by atoms with Crippen molar-refractivity contribution in [1.29, 1.82) is 0 Å². The van der Waals surface area contributed by atoms with Gasteiger partial charge in [0.25, 0.3) is 0 Å². The summed E-state index contributed by atoms with van der Waals surface area (Å²) in [6, 6.07) is 3.28. The molecule has 1 aliphatic heterocycles. The van der Waals surface area contributed by atoms with E-state index >= 15 is 0 Å². The quantitative estimate of drug-likeness (QED) is 0.886. The molecule has 8 heteroatoms. The summed E-state index contributed by atoms with van der Waals surface area (Å²) in [5.74, 6) is -0.987. The topological polar surface area (TPSA) is 41.1 Å². The van der Waals surface area contributed by atoms with E-state index in [1.165, 1.54) is 24.3 Å². The predicted octanol–water partition coefficient (Wildman–Crippen LogP) is 3.09. The number of hydrogen-bond donors (Lipinski definition) is 2. The number of carbonyl (C=O) groups excluding carboxylic acids is 1. The first-order chi connectivity index (χ1) is 9.38. The van der Waals surface area contributed by atoms with Gasteiger partial charge in [-0.2, -0.15) is 13.2 Å². The van der Waals surface area contributed by atoms with Crippen molar-refractivity contribution in [3.8, 4) is 0 Å². The van der Waals surface area contributed by atoms with Gasteiger partial charge >= 0.3 is 6.18 Å². The fourth-order valence-electron chi connectivity index (χ4n) is 2.15. The maximum Gasteiger partial charge on any atom is 0.412 e. The minimum Gasteiger partial charge on any atom is -0.341 e. The Morgan fingerprint density at radius 2 is 1.95 bits per heavy atom. The van der Waals surface area contributed by atoms with E-state index in [1.807, 2.05) is 0 Å². The van der Waals surface area contributed by atoms with Gasteiger partial charge in [0.05, 0.1) is 5.92 Å². The van der Waals surface area contributed by atoms with E-state index in [0.29, 0.717) is 24.5 Å². The van der Waals surface area contributed by atoms with Crippen LogP contribution in [-0.4, -0.2) is 25.2 Å². The van der Waals surface area contributed by atoms with Crippen LogP contribution in [0.2, 0.25) is 5.02 Å². The highest BCUT2D eigenvalue weighted by Crippen LogP contribution is 2.33. The minimum atomic E-state index is -4.55. The van der Waals surface area contributed by atoms with Gasteiger partial charge in [-0.3, -0.25) is 4.79 Å². The Morgan fingerprint density at radius 1 is 1.33 bits per heavy atom. The van der Waals surface area contributed by atoms with Gasteiger partial charge in [-0.25, -0.2) is 0 Å². The van der Waals surface area contributed by atoms with E-state index in [-0.39, 0.29) is 18.0 Å². The second-order valence-electron chi connectivity index (χ2n) is 4.72. The lowest BCUT2D eigenvalue weighted by atomic mass is 10.0. The number of alkyl halides is 3. The van der Waals surface area contributed by atoms with Crippen LogP contribution in [0.1, 0.15) is 18.0 Å². The molecule has 0 bridgehead atoms. The van der Waals surface area contributed by atoms with Gasteiger partial charge < -0.3 is 10.6 Å². The van der Waals surface area contributed by atoms with Gasteiger partial charge in [-0.05, 0) is 30.7 Å². The van der Waals surface area contributed by atoms with Crippen LogP contribution in [0, 0.1) is 5.92 Å². The summed E-state index contributed by atoms with van der Waals surface area (Å²) < 4.78 is 39.3. The van der Waals surface area contributed by atoms with Crippen molar-refractivity contribution in [1.82, 2.24) is 10.6 Å². The number of benzene rings is 1. The summed E-state index contributed by atoms with van der Waals surface area (Å²) in [6.45, 7) is 1.06. The summed E-state index contributed by atoms with van der Waals surface area (Å²) in [5, 5.41) is 5.39. The van der Waals surface area contributed by atoms with Crippen LogP contribution in [0.3, 0.4) is 0 Å². The van der Waals surface area contributed by atoms with Crippen molar-refractivity contribution in [3.05, 3.63) is 34.9 Å². The van der Waals surface area contributed by atoms with Crippen LogP contribution in [-0.2, 0) is 4.79 Å². The first-order valence-corrected chi connectivity index (χ1v) is 6.59. The third-order valence-corrected chi connectivity index (χ3v) is 3.50. The van der Waals surface area contributed by atoms with Gasteiger partial charge in [0.1, 0.15) is 0 Å². The summed E-state index contributed by atoms with van der Waals surface area (Å²) in [7, 11) is 0. The molecule has 2 atom stereocenters. The van der Waals surface area contributed by atoms with Gasteiger partial charge in [-0.1, -0.05) is 23.7 Å². The number of hydrogen-bond acceptors (Lipinski definition) is 2. The molecule has 1 heterocycles. The Balaban J connectivity index is 0.00000220. The molecule has 3 nitrogen and oxygen atoms in total. The van der Waals surface area contributed by atoms with Crippen LogP contribution < -0.4 is 10.6 Å². The normalized spacial score (nSPS) is 19.7.